The highest BCUT2D eigenvalue weighted by molar-refractivity contribution is 5.95. The number of ether oxygens (including phenoxy) is 1. The van der Waals surface area contributed by atoms with Gasteiger partial charge in [-0.25, -0.2) is 0 Å². The average molecular weight is 222 g/mol. The van der Waals surface area contributed by atoms with Crippen molar-refractivity contribution in [1.29, 1.82) is 0 Å². The minimum Gasteiger partial charge on any atom is -0.497 e. The van der Waals surface area contributed by atoms with Crippen LogP contribution in [0.5, 0.6) is 5.75 Å². The summed E-state index contributed by atoms with van der Waals surface area (Å²) in [5.41, 5.74) is 6.90. The van der Waals surface area contributed by atoms with Gasteiger partial charge < -0.3 is 15.8 Å². The van der Waals surface area contributed by atoms with E-state index in [4.69, 9.17) is 10.5 Å². The van der Waals surface area contributed by atoms with Crippen LogP contribution in [0.25, 0.3) is 0 Å². The zero-order chi connectivity index (χ0) is 12.1. The van der Waals surface area contributed by atoms with Crippen molar-refractivity contribution in [2.75, 3.05) is 18.2 Å². The largest absolute Gasteiger partial charge is 0.497 e. The molecule has 1 aromatic rings. The van der Waals surface area contributed by atoms with Crippen LogP contribution in [0.15, 0.2) is 18.2 Å². The first-order valence-electron chi connectivity index (χ1n) is 5.32. The molecular formula is C12H18N2O2. The van der Waals surface area contributed by atoms with Crippen LogP contribution >= 0.6 is 0 Å². The fourth-order valence-corrected chi connectivity index (χ4v) is 1.21. The van der Waals surface area contributed by atoms with Gasteiger partial charge in [0, 0.05) is 12.0 Å². The van der Waals surface area contributed by atoms with Crippen LogP contribution in [0.1, 0.15) is 20.3 Å². The second-order valence-corrected chi connectivity index (χ2v) is 3.75. The fraction of sp³-hybridized carbons (Fsp3) is 0.417. The van der Waals surface area contributed by atoms with Crippen LogP contribution in [0, 0.1) is 5.92 Å². The summed E-state index contributed by atoms with van der Waals surface area (Å²) in [6.45, 7) is 3.85. The maximum Gasteiger partial charge on any atom is 0.227 e. The van der Waals surface area contributed by atoms with Gasteiger partial charge in [-0.05, 0) is 18.6 Å². The van der Waals surface area contributed by atoms with Gasteiger partial charge in [0.15, 0.2) is 0 Å². The lowest BCUT2D eigenvalue weighted by atomic mass is 10.1. The maximum absolute atomic E-state index is 11.7. The minimum atomic E-state index is -0.0255. The number of nitrogens with one attached hydrogen (secondary N) is 1. The zero-order valence-corrected chi connectivity index (χ0v) is 9.91. The van der Waals surface area contributed by atoms with Gasteiger partial charge in [0.1, 0.15) is 5.75 Å². The Bertz CT molecular complexity index is 377. The van der Waals surface area contributed by atoms with E-state index in [2.05, 4.69) is 5.32 Å². The van der Waals surface area contributed by atoms with E-state index in [1.807, 2.05) is 13.8 Å². The second-order valence-electron chi connectivity index (χ2n) is 3.75. The van der Waals surface area contributed by atoms with Crippen molar-refractivity contribution in [3.8, 4) is 5.75 Å². The van der Waals surface area contributed by atoms with Crippen LogP contribution in [-0.2, 0) is 4.79 Å². The Kier molecular flexibility index (Phi) is 4.17. The lowest BCUT2D eigenvalue weighted by Crippen LogP contribution is -2.20. The summed E-state index contributed by atoms with van der Waals surface area (Å²) in [5.74, 6) is 0.627. The lowest BCUT2D eigenvalue weighted by Gasteiger charge is -2.12. The molecule has 1 rings (SSSR count). The van der Waals surface area contributed by atoms with E-state index in [1.165, 1.54) is 0 Å². The number of carbonyl (C=O) groups excluding carboxylic acids is 1. The molecule has 0 aliphatic carbocycles. The summed E-state index contributed by atoms with van der Waals surface area (Å²) in [6, 6.07) is 5.19. The van der Waals surface area contributed by atoms with Crippen molar-refractivity contribution < 1.29 is 9.53 Å². The molecule has 16 heavy (non-hydrogen) atoms. The third kappa shape index (κ3) is 2.89. The molecule has 0 bridgehead atoms. The summed E-state index contributed by atoms with van der Waals surface area (Å²) >= 11 is 0. The van der Waals surface area contributed by atoms with Gasteiger partial charge in [0.25, 0.3) is 0 Å². The molecule has 4 heteroatoms. The Balaban J connectivity index is 2.83. The van der Waals surface area contributed by atoms with Crippen molar-refractivity contribution in [2.24, 2.45) is 5.92 Å². The van der Waals surface area contributed by atoms with Gasteiger partial charge in [0.2, 0.25) is 5.91 Å². The topological polar surface area (TPSA) is 64.3 Å². The van der Waals surface area contributed by atoms with Gasteiger partial charge >= 0.3 is 0 Å². The number of hydrogen-bond donors (Lipinski definition) is 2. The Morgan fingerprint density at radius 2 is 2.25 bits per heavy atom. The zero-order valence-electron chi connectivity index (χ0n) is 9.91. The molecule has 0 saturated carbocycles. The molecule has 0 aliphatic rings. The van der Waals surface area contributed by atoms with E-state index in [0.29, 0.717) is 17.1 Å². The van der Waals surface area contributed by atoms with Crippen molar-refractivity contribution in [3.63, 3.8) is 0 Å². The summed E-state index contributed by atoms with van der Waals surface area (Å²) in [7, 11) is 1.58. The molecule has 1 amide bonds. The molecule has 0 aromatic heterocycles. The Morgan fingerprint density at radius 3 is 2.81 bits per heavy atom. The Labute approximate surface area is 95.8 Å². The van der Waals surface area contributed by atoms with E-state index in [9.17, 15) is 4.79 Å². The van der Waals surface area contributed by atoms with Crippen LogP contribution in [0.2, 0.25) is 0 Å². The maximum atomic E-state index is 11.7. The van der Waals surface area contributed by atoms with Crippen LogP contribution in [-0.4, -0.2) is 13.0 Å². The number of rotatable bonds is 4. The molecule has 0 fully saturated rings. The van der Waals surface area contributed by atoms with E-state index < -0.39 is 0 Å². The van der Waals surface area contributed by atoms with Crippen molar-refractivity contribution in [3.05, 3.63) is 18.2 Å². The third-order valence-corrected chi connectivity index (χ3v) is 2.58. The molecule has 0 saturated heterocycles. The average Bonchev–Trinajstić information content (AvgIpc) is 2.30. The number of methoxy groups -OCH3 is 1. The predicted molar refractivity (Wildman–Crippen MR) is 65.5 cm³/mol. The lowest BCUT2D eigenvalue weighted by molar-refractivity contribution is -0.119. The normalized spacial score (nSPS) is 11.9. The van der Waals surface area contributed by atoms with Crippen LogP contribution in [0.4, 0.5) is 11.4 Å². The van der Waals surface area contributed by atoms with Crippen molar-refractivity contribution >= 4 is 17.3 Å². The number of nitrogens with two attached hydrogens (primary N) is 1. The Morgan fingerprint density at radius 1 is 1.56 bits per heavy atom. The molecule has 0 radical (unpaired) electrons. The molecular weight excluding hydrogens is 204 g/mol. The Hall–Kier alpha value is -1.71. The quantitative estimate of drug-likeness (QED) is 0.768. The highest BCUT2D eigenvalue weighted by atomic mass is 16.5. The number of nitrogen functional groups attached to an aromatic ring is 1. The monoisotopic (exact) mass is 222 g/mol. The summed E-state index contributed by atoms with van der Waals surface area (Å²) in [5, 5.41) is 2.79. The number of carbonyl (C=O) groups is 1. The highest BCUT2D eigenvalue weighted by Crippen LogP contribution is 2.24. The van der Waals surface area contributed by atoms with E-state index in [1.54, 1.807) is 25.3 Å². The van der Waals surface area contributed by atoms with Gasteiger partial charge in [-0.2, -0.15) is 0 Å². The van der Waals surface area contributed by atoms with Crippen LogP contribution in [0.3, 0.4) is 0 Å². The standard InChI is InChI=1S/C12H18N2O2/c1-4-8(2)12(15)14-11-7-9(16-3)5-6-10(11)13/h5-8H,4,13H2,1-3H3,(H,14,15). The summed E-state index contributed by atoms with van der Waals surface area (Å²) in [6.07, 6.45) is 0.801. The van der Waals surface area contributed by atoms with Gasteiger partial charge in [-0.15, -0.1) is 0 Å². The summed E-state index contributed by atoms with van der Waals surface area (Å²) in [4.78, 5) is 11.7. The van der Waals surface area contributed by atoms with E-state index in [-0.39, 0.29) is 11.8 Å². The highest BCUT2D eigenvalue weighted by Gasteiger charge is 2.12. The smallest absolute Gasteiger partial charge is 0.227 e. The molecule has 0 spiro atoms. The van der Waals surface area contributed by atoms with E-state index >= 15 is 0 Å². The molecule has 1 atom stereocenters. The first-order chi connectivity index (χ1) is 7.58. The van der Waals surface area contributed by atoms with Gasteiger partial charge in [0.05, 0.1) is 18.5 Å². The molecule has 4 nitrogen and oxygen atoms in total. The second kappa shape index (κ2) is 5.39. The van der Waals surface area contributed by atoms with Crippen molar-refractivity contribution in [1.82, 2.24) is 0 Å². The molecule has 1 unspecified atom stereocenters. The van der Waals surface area contributed by atoms with Gasteiger partial charge in [-0.1, -0.05) is 13.8 Å². The number of benzene rings is 1. The van der Waals surface area contributed by atoms with Crippen molar-refractivity contribution in [2.45, 2.75) is 20.3 Å². The fourth-order valence-electron chi connectivity index (χ4n) is 1.21. The first kappa shape index (κ1) is 12.4. The third-order valence-electron chi connectivity index (χ3n) is 2.58. The SMILES string of the molecule is CCC(C)C(=O)Nc1cc(OC)ccc1N. The number of anilines is 2. The number of amides is 1. The van der Waals surface area contributed by atoms with E-state index in [0.717, 1.165) is 6.42 Å². The van der Waals surface area contributed by atoms with Gasteiger partial charge in [-0.3, -0.25) is 4.79 Å². The first-order valence-corrected chi connectivity index (χ1v) is 5.32. The molecule has 3 N–H and O–H groups in total. The number of hydrogen-bond acceptors (Lipinski definition) is 3. The van der Waals surface area contributed by atoms with Crippen LogP contribution < -0.4 is 15.8 Å². The molecule has 0 heterocycles. The summed E-state index contributed by atoms with van der Waals surface area (Å²) < 4.78 is 5.07. The predicted octanol–water partition coefficient (Wildman–Crippen LogP) is 2.26. The molecule has 88 valence electrons. The molecule has 0 aliphatic heterocycles. The minimum absolute atomic E-state index is 0.0226. The molecule has 1 aromatic carbocycles.